The van der Waals surface area contributed by atoms with Crippen molar-refractivity contribution < 1.29 is 14.4 Å². The van der Waals surface area contributed by atoms with E-state index in [0.717, 1.165) is 5.69 Å². The summed E-state index contributed by atoms with van der Waals surface area (Å²) in [6.07, 6.45) is 0.451. The van der Waals surface area contributed by atoms with E-state index >= 15 is 0 Å². The highest BCUT2D eigenvalue weighted by molar-refractivity contribution is 8.13. The van der Waals surface area contributed by atoms with E-state index in [1.807, 2.05) is 6.07 Å². The second-order valence-electron chi connectivity index (χ2n) is 5.63. The average molecular weight is 320 g/mol. The van der Waals surface area contributed by atoms with Gasteiger partial charge in [0.25, 0.3) is 5.91 Å². The summed E-state index contributed by atoms with van der Waals surface area (Å²) in [5.74, 6) is 0.795. The molecule has 1 aliphatic heterocycles. The first-order valence-corrected chi connectivity index (χ1v) is 8.12. The summed E-state index contributed by atoms with van der Waals surface area (Å²) < 4.78 is 0. The summed E-state index contributed by atoms with van der Waals surface area (Å²) in [5, 5.41) is 0.0736. The lowest BCUT2D eigenvalue weighted by Crippen LogP contribution is -2.26. The summed E-state index contributed by atoms with van der Waals surface area (Å²) in [4.78, 5) is 38.5. The van der Waals surface area contributed by atoms with Gasteiger partial charge in [0.15, 0.2) is 5.12 Å². The van der Waals surface area contributed by atoms with E-state index in [4.69, 9.17) is 0 Å². The molecule has 0 radical (unpaired) electrons. The minimum Gasteiger partial charge on any atom is -0.345 e. The highest BCUT2D eigenvalue weighted by Gasteiger charge is 2.31. The molecule has 0 spiro atoms. The second-order valence-corrected chi connectivity index (χ2v) is 6.82. The lowest BCUT2D eigenvalue weighted by Gasteiger charge is -2.18. The molecule has 1 saturated heterocycles. The Morgan fingerprint density at radius 3 is 2.73 bits per heavy atom. The zero-order valence-corrected chi connectivity index (χ0v) is 13.9. The Labute approximate surface area is 134 Å². The van der Waals surface area contributed by atoms with Crippen LogP contribution in [0.5, 0.6) is 0 Å². The van der Waals surface area contributed by atoms with Crippen LogP contribution in [0.25, 0.3) is 0 Å². The number of hydrogen-bond acceptors (Lipinski definition) is 4. The van der Waals surface area contributed by atoms with Gasteiger partial charge >= 0.3 is 0 Å². The molecule has 1 heterocycles. The molecule has 1 aliphatic rings. The van der Waals surface area contributed by atoms with Gasteiger partial charge in [0.1, 0.15) is 0 Å². The number of carbonyl (C=O) groups is 3. The number of benzene rings is 1. The molecule has 5 nitrogen and oxygen atoms in total. The van der Waals surface area contributed by atoms with Crippen molar-refractivity contribution in [2.45, 2.75) is 13.3 Å². The first-order valence-electron chi connectivity index (χ1n) is 7.14. The number of rotatable bonds is 4. The maximum atomic E-state index is 12.2. The predicted molar refractivity (Wildman–Crippen MR) is 88.1 cm³/mol. The SMILES string of the molecule is CC(=O)SCC1CC(=O)N(c2cccc(C(=O)N(C)C)c2)C1. The van der Waals surface area contributed by atoms with Crippen LogP contribution in [0.2, 0.25) is 0 Å². The molecule has 2 rings (SSSR count). The molecule has 0 N–H and O–H groups in total. The molecular formula is C16H20N2O3S. The predicted octanol–water partition coefficient (Wildman–Crippen LogP) is 2.02. The van der Waals surface area contributed by atoms with Gasteiger partial charge in [0, 0.05) is 51.0 Å². The van der Waals surface area contributed by atoms with Crippen molar-refractivity contribution in [3.05, 3.63) is 29.8 Å². The fourth-order valence-electron chi connectivity index (χ4n) is 2.44. The third-order valence-electron chi connectivity index (χ3n) is 3.54. The van der Waals surface area contributed by atoms with E-state index in [-0.39, 0.29) is 22.8 Å². The van der Waals surface area contributed by atoms with Crippen molar-refractivity contribution >= 4 is 34.4 Å². The molecule has 118 valence electrons. The Morgan fingerprint density at radius 1 is 1.36 bits per heavy atom. The molecule has 0 bridgehead atoms. The molecule has 0 aliphatic carbocycles. The Balaban J connectivity index is 2.11. The van der Waals surface area contributed by atoms with Crippen LogP contribution in [0.3, 0.4) is 0 Å². The number of thioether (sulfide) groups is 1. The number of carbonyl (C=O) groups excluding carboxylic acids is 3. The van der Waals surface area contributed by atoms with E-state index in [1.54, 1.807) is 37.2 Å². The van der Waals surface area contributed by atoms with Crippen LogP contribution in [0.4, 0.5) is 5.69 Å². The van der Waals surface area contributed by atoms with Crippen LogP contribution in [-0.2, 0) is 9.59 Å². The van der Waals surface area contributed by atoms with E-state index in [1.165, 1.54) is 23.6 Å². The maximum Gasteiger partial charge on any atom is 0.253 e. The molecule has 1 unspecified atom stereocenters. The van der Waals surface area contributed by atoms with Gasteiger partial charge in [-0.3, -0.25) is 14.4 Å². The first-order chi connectivity index (χ1) is 10.4. The smallest absolute Gasteiger partial charge is 0.253 e. The van der Waals surface area contributed by atoms with Crippen molar-refractivity contribution in [2.75, 3.05) is 31.3 Å². The Hall–Kier alpha value is -1.82. The van der Waals surface area contributed by atoms with Gasteiger partial charge < -0.3 is 9.80 Å². The number of nitrogens with zero attached hydrogens (tertiary/aromatic N) is 2. The van der Waals surface area contributed by atoms with E-state index in [0.29, 0.717) is 24.3 Å². The zero-order chi connectivity index (χ0) is 16.3. The minimum absolute atomic E-state index is 0.0450. The van der Waals surface area contributed by atoms with E-state index in [2.05, 4.69) is 0 Å². The monoisotopic (exact) mass is 320 g/mol. The van der Waals surface area contributed by atoms with Crippen molar-refractivity contribution in [1.29, 1.82) is 0 Å². The fourth-order valence-corrected chi connectivity index (χ4v) is 3.14. The molecular weight excluding hydrogens is 300 g/mol. The lowest BCUT2D eigenvalue weighted by atomic mass is 10.1. The molecule has 1 aromatic carbocycles. The van der Waals surface area contributed by atoms with Crippen LogP contribution in [0, 0.1) is 5.92 Å². The Bertz CT molecular complexity index is 601. The number of amides is 2. The van der Waals surface area contributed by atoms with Gasteiger partial charge in [0.2, 0.25) is 5.91 Å². The largest absolute Gasteiger partial charge is 0.345 e. The van der Waals surface area contributed by atoms with Gasteiger partial charge in [0.05, 0.1) is 0 Å². The van der Waals surface area contributed by atoms with Crippen LogP contribution in [0.1, 0.15) is 23.7 Å². The summed E-state index contributed by atoms with van der Waals surface area (Å²) >= 11 is 1.26. The minimum atomic E-state index is -0.0859. The Morgan fingerprint density at radius 2 is 2.09 bits per heavy atom. The lowest BCUT2D eigenvalue weighted by molar-refractivity contribution is -0.117. The topological polar surface area (TPSA) is 57.7 Å². The standard InChI is InChI=1S/C16H20N2O3S/c1-11(19)22-10-12-7-15(20)18(9-12)14-6-4-5-13(8-14)16(21)17(2)3/h4-6,8,12H,7,9-10H2,1-3H3. The Kier molecular flexibility index (Phi) is 5.24. The van der Waals surface area contributed by atoms with Gasteiger partial charge in [-0.2, -0.15) is 0 Å². The van der Waals surface area contributed by atoms with Crippen LogP contribution < -0.4 is 4.90 Å². The fraction of sp³-hybridized carbons (Fsp3) is 0.438. The normalized spacial score (nSPS) is 17.7. The van der Waals surface area contributed by atoms with Crippen molar-refractivity contribution in [3.63, 3.8) is 0 Å². The molecule has 22 heavy (non-hydrogen) atoms. The van der Waals surface area contributed by atoms with Crippen molar-refractivity contribution in [2.24, 2.45) is 5.92 Å². The van der Waals surface area contributed by atoms with Crippen LogP contribution in [0.15, 0.2) is 24.3 Å². The molecule has 6 heteroatoms. The van der Waals surface area contributed by atoms with Gasteiger partial charge in [-0.15, -0.1) is 0 Å². The molecule has 0 saturated carbocycles. The summed E-state index contributed by atoms with van der Waals surface area (Å²) in [5.41, 5.74) is 1.31. The van der Waals surface area contributed by atoms with E-state index in [9.17, 15) is 14.4 Å². The maximum absolute atomic E-state index is 12.2. The quantitative estimate of drug-likeness (QED) is 0.852. The van der Waals surface area contributed by atoms with Crippen molar-refractivity contribution in [3.8, 4) is 0 Å². The molecule has 1 fully saturated rings. The van der Waals surface area contributed by atoms with Crippen molar-refractivity contribution in [1.82, 2.24) is 4.90 Å². The third-order valence-corrected chi connectivity index (χ3v) is 4.58. The first kappa shape index (κ1) is 16.5. The summed E-state index contributed by atoms with van der Waals surface area (Å²) in [7, 11) is 3.40. The van der Waals surface area contributed by atoms with Gasteiger partial charge in [-0.1, -0.05) is 17.8 Å². The second kappa shape index (κ2) is 6.96. The summed E-state index contributed by atoms with van der Waals surface area (Å²) in [6.45, 7) is 2.13. The van der Waals surface area contributed by atoms with E-state index < -0.39 is 0 Å². The zero-order valence-electron chi connectivity index (χ0n) is 13.0. The molecule has 2 amide bonds. The van der Waals surface area contributed by atoms with Crippen LogP contribution in [-0.4, -0.2) is 48.2 Å². The van der Waals surface area contributed by atoms with Gasteiger partial charge in [-0.05, 0) is 24.1 Å². The summed E-state index contributed by atoms with van der Waals surface area (Å²) in [6, 6.07) is 7.12. The van der Waals surface area contributed by atoms with Crippen LogP contribution >= 0.6 is 11.8 Å². The number of anilines is 1. The highest BCUT2D eigenvalue weighted by Crippen LogP contribution is 2.28. The molecule has 0 aromatic heterocycles. The average Bonchev–Trinajstić information content (AvgIpc) is 2.85. The molecule has 1 atom stereocenters. The number of hydrogen-bond donors (Lipinski definition) is 0. The highest BCUT2D eigenvalue weighted by atomic mass is 32.2. The third kappa shape index (κ3) is 3.88. The van der Waals surface area contributed by atoms with Gasteiger partial charge in [-0.25, -0.2) is 0 Å². The molecule has 1 aromatic rings.